The molecule has 0 aliphatic heterocycles. The Labute approximate surface area is 69.2 Å². The van der Waals surface area contributed by atoms with Crippen LogP contribution < -0.4 is 5.73 Å². The lowest BCUT2D eigenvalue weighted by atomic mass is 10.1. The van der Waals surface area contributed by atoms with Crippen LogP contribution in [0.1, 0.15) is 46.0 Å². The topological polar surface area (TPSA) is 43.1 Å². The molecule has 0 saturated heterocycles. The van der Waals surface area contributed by atoms with Crippen LogP contribution in [0.15, 0.2) is 0 Å². The first-order valence-corrected chi connectivity index (χ1v) is 4.44. The van der Waals surface area contributed by atoms with E-state index in [1.807, 2.05) is 6.92 Å². The molecule has 2 nitrogen and oxygen atoms in total. The summed E-state index contributed by atoms with van der Waals surface area (Å²) in [4.78, 5) is 11.0. The summed E-state index contributed by atoms with van der Waals surface area (Å²) >= 11 is 0. The number of hydrogen-bond donors (Lipinski definition) is 1. The minimum atomic E-state index is 0.0316. The Hall–Kier alpha value is -0.370. The molecular formula is C9H19NO. The number of hydrogen-bond acceptors (Lipinski definition) is 2. The number of Topliss-reactive ketones (excluding diaryl/α,β-unsaturated/α-hetero) is 1. The number of nitrogens with two attached hydrogens (primary N) is 1. The highest BCUT2D eigenvalue weighted by Gasteiger charge is 2.03. The van der Waals surface area contributed by atoms with Crippen LogP contribution in [-0.4, -0.2) is 11.8 Å². The van der Waals surface area contributed by atoms with Crippen molar-refractivity contribution < 1.29 is 4.79 Å². The van der Waals surface area contributed by atoms with Gasteiger partial charge in [-0.25, -0.2) is 0 Å². The minimum Gasteiger partial charge on any atom is -0.328 e. The molecule has 66 valence electrons. The maximum atomic E-state index is 11.0. The van der Waals surface area contributed by atoms with E-state index in [1.54, 1.807) is 0 Å². The van der Waals surface area contributed by atoms with E-state index in [2.05, 4.69) is 6.92 Å². The predicted octanol–water partition coefficient (Wildman–Crippen LogP) is 1.87. The molecule has 0 aromatic carbocycles. The summed E-state index contributed by atoms with van der Waals surface area (Å²) < 4.78 is 0. The molecule has 0 saturated carbocycles. The van der Waals surface area contributed by atoms with Crippen molar-refractivity contribution in [1.29, 1.82) is 0 Å². The summed E-state index contributed by atoms with van der Waals surface area (Å²) in [5.41, 5.74) is 5.48. The van der Waals surface area contributed by atoms with E-state index < -0.39 is 0 Å². The van der Waals surface area contributed by atoms with Gasteiger partial charge in [0, 0.05) is 18.9 Å². The maximum Gasteiger partial charge on any atom is 0.134 e. The van der Waals surface area contributed by atoms with Gasteiger partial charge in [0.15, 0.2) is 0 Å². The van der Waals surface area contributed by atoms with Gasteiger partial charge in [-0.2, -0.15) is 0 Å². The van der Waals surface area contributed by atoms with E-state index in [0.29, 0.717) is 12.2 Å². The maximum absolute atomic E-state index is 11.0. The highest BCUT2D eigenvalue weighted by molar-refractivity contribution is 5.78. The van der Waals surface area contributed by atoms with E-state index in [4.69, 9.17) is 5.73 Å². The first-order valence-electron chi connectivity index (χ1n) is 4.44. The minimum absolute atomic E-state index is 0.0316. The summed E-state index contributed by atoms with van der Waals surface area (Å²) in [6.07, 6.45) is 4.62. The van der Waals surface area contributed by atoms with Gasteiger partial charge in [-0.05, 0) is 13.3 Å². The smallest absolute Gasteiger partial charge is 0.134 e. The summed E-state index contributed by atoms with van der Waals surface area (Å²) in [5.74, 6) is 0.313. The Morgan fingerprint density at radius 2 is 2.09 bits per heavy atom. The molecule has 0 amide bonds. The molecule has 0 rings (SSSR count). The van der Waals surface area contributed by atoms with Crippen molar-refractivity contribution in [1.82, 2.24) is 0 Å². The number of ketones is 1. The van der Waals surface area contributed by atoms with Gasteiger partial charge in [0.2, 0.25) is 0 Å². The fourth-order valence-electron chi connectivity index (χ4n) is 1.03. The van der Waals surface area contributed by atoms with Crippen LogP contribution in [0.25, 0.3) is 0 Å². The zero-order valence-corrected chi connectivity index (χ0v) is 7.60. The molecule has 0 bridgehead atoms. The van der Waals surface area contributed by atoms with Crippen LogP contribution in [0.4, 0.5) is 0 Å². The Morgan fingerprint density at radius 3 is 2.55 bits per heavy atom. The molecule has 11 heavy (non-hydrogen) atoms. The first-order chi connectivity index (χ1) is 5.16. The Bertz CT molecular complexity index is 110. The average molecular weight is 157 g/mol. The summed E-state index contributed by atoms with van der Waals surface area (Å²) in [6, 6.07) is 0.0316. The Balaban J connectivity index is 3.23. The van der Waals surface area contributed by atoms with Gasteiger partial charge in [0.25, 0.3) is 0 Å². The van der Waals surface area contributed by atoms with Crippen LogP contribution in [-0.2, 0) is 4.79 Å². The van der Waals surface area contributed by atoms with Gasteiger partial charge < -0.3 is 5.73 Å². The van der Waals surface area contributed by atoms with Crippen molar-refractivity contribution in [3.63, 3.8) is 0 Å². The number of rotatable bonds is 6. The van der Waals surface area contributed by atoms with E-state index in [9.17, 15) is 4.79 Å². The van der Waals surface area contributed by atoms with Crippen molar-refractivity contribution in [2.75, 3.05) is 0 Å². The molecule has 0 aliphatic carbocycles. The Kier molecular flexibility index (Phi) is 6.13. The molecule has 0 fully saturated rings. The summed E-state index contributed by atoms with van der Waals surface area (Å²) in [6.45, 7) is 4.01. The van der Waals surface area contributed by atoms with Crippen molar-refractivity contribution >= 4 is 5.78 Å². The third kappa shape index (κ3) is 7.53. The molecule has 0 unspecified atom stereocenters. The molecule has 2 N–H and O–H groups in total. The van der Waals surface area contributed by atoms with Gasteiger partial charge in [-0.15, -0.1) is 0 Å². The second kappa shape index (κ2) is 6.35. The van der Waals surface area contributed by atoms with E-state index >= 15 is 0 Å². The second-order valence-electron chi connectivity index (χ2n) is 3.18. The molecule has 0 heterocycles. The van der Waals surface area contributed by atoms with E-state index in [-0.39, 0.29) is 6.04 Å². The van der Waals surface area contributed by atoms with Crippen LogP contribution >= 0.6 is 0 Å². The zero-order valence-electron chi connectivity index (χ0n) is 7.60. The van der Waals surface area contributed by atoms with Crippen LogP contribution in [0, 0.1) is 0 Å². The monoisotopic (exact) mass is 157 g/mol. The summed E-state index contributed by atoms with van der Waals surface area (Å²) in [7, 11) is 0. The summed E-state index contributed by atoms with van der Waals surface area (Å²) in [5, 5.41) is 0. The standard InChI is InChI=1S/C9H19NO/c1-3-4-5-6-9(11)7-8(2)10/h8H,3-7,10H2,1-2H3/t8-/m1/s1. The quantitative estimate of drug-likeness (QED) is 0.598. The molecule has 0 aliphatic rings. The largest absolute Gasteiger partial charge is 0.328 e. The molecule has 0 aromatic heterocycles. The Morgan fingerprint density at radius 1 is 1.45 bits per heavy atom. The number of unbranched alkanes of at least 4 members (excludes halogenated alkanes) is 2. The SMILES string of the molecule is CCCCCC(=O)C[C@@H](C)N. The van der Waals surface area contributed by atoms with Crippen molar-refractivity contribution in [3.8, 4) is 0 Å². The van der Waals surface area contributed by atoms with Crippen molar-refractivity contribution in [3.05, 3.63) is 0 Å². The number of carbonyl (C=O) groups is 1. The van der Waals surface area contributed by atoms with Crippen molar-refractivity contribution in [2.24, 2.45) is 5.73 Å². The van der Waals surface area contributed by atoms with Gasteiger partial charge in [0.1, 0.15) is 5.78 Å². The molecular weight excluding hydrogens is 138 g/mol. The third-order valence-corrected chi connectivity index (χ3v) is 1.61. The van der Waals surface area contributed by atoms with E-state index in [0.717, 1.165) is 19.3 Å². The molecule has 1 atom stereocenters. The number of carbonyl (C=O) groups excluding carboxylic acids is 1. The fraction of sp³-hybridized carbons (Fsp3) is 0.889. The lowest BCUT2D eigenvalue weighted by Gasteiger charge is -2.02. The predicted molar refractivity (Wildman–Crippen MR) is 47.4 cm³/mol. The molecule has 0 aromatic rings. The van der Waals surface area contributed by atoms with Gasteiger partial charge in [0.05, 0.1) is 0 Å². The van der Waals surface area contributed by atoms with Crippen LogP contribution in [0.5, 0.6) is 0 Å². The van der Waals surface area contributed by atoms with Gasteiger partial charge in [-0.3, -0.25) is 4.79 Å². The van der Waals surface area contributed by atoms with E-state index in [1.165, 1.54) is 6.42 Å². The van der Waals surface area contributed by atoms with Crippen LogP contribution in [0.3, 0.4) is 0 Å². The van der Waals surface area contributed by atoms with Crippen molar-refractivity contribution in [2.45, 2.75) is 52.0 Å². The molecule has 0 radical (unpaired) electrons. The highest BCUT2D eigenvalue weighted by atomic mass is 16.1. The molecule has 0 spiro atoms. The van der Waals surface area contributed by atoms with Gasteiger partial charge >= 0.3 is 0 Å². The molecule has 2 heteroatoms. The first kappa shape index (κ1) is 10.6. The second-order valence-corrected chi connectivity index (χ2v) is 3.18. The van der Waals surface area contributed by atoms with Crippen LogP contribution in [0.2, 0.25) is 0 Å². The lowest BCUT2D eigenvalue weighted by molar-refractivity contribution is -0.119. The average Bonchev–Trinajstić information content (AvgIpc) is 1.86. The lowest BCUT2D eigenvalue weighted by Crippen LogP contribution is -2.19. The highest BCUT2D eigenvalue weighted by Crippen LogP contribution is 2.02. The zero-order chi connectivity index (χ0) is 8.69. The van der Waals surface area contributed by atoms with Gasteiger partial charge in [-0.1, -0.05) is 19.8 Å². The normalized spacial score (nSPS) is 13.0. The third-order valence-electron chi connectivity index (χ3n) is 1.61. The fourth-order valence-corrected chi connectivity index (χ4v) is 1.03.